The van der Waals surface area contributed by atoms with Gasteiger partial charge in [-0.25, -0.2) is 0 Å². The van der Waals surface area contributed by atoms with Gasteiger partial charge in [-0.05, 0) is 43.2 Å². The highest BCUT2D eigenvalue weighted by molar-refractivity contribution is 6.38. The molecule has 0 aliphatic heterocycles. The molecule has 0 fully saturated rings. The van der Waals surface area contributed by atoms with Gasteiger partial charge in [0.1, 0.15) is 0 Å². The van der Waals surface area contributed by atoms with Crippen LogP contribution in [0.5, 0.6) is 0 Å². The van der Waals surface area contributed by atoms with Gasteiger partial charge < -0.3 is 9.67 Å². The summed E-state index contributed by atoms with van der Waals surface area (Å²) < 4.78 is 2.26. The molecule has 0 radical (unpaired) electrons. The summed E-state index contributed by atoms with van der Waals surface area (Å²) in [6.45, 7) is 5.11. The summed E-state index contributed by atoms with van der Waals surface area (Å²) in [4.78, 5) is 0. The van der Waals surface area contributed by atoms with E-state index in [9.17, 15) is 5.11 Å². The van der Waals surface area contributed by atoms with Gasteiger partial charge in [0.05, 0.1) is 17.1 Å². The van der Waals surface area contributed by atoms with E-state index in [1.165, 1.54) is 5.52 Å². The van der Waals surface area contributed by atoms with Crippen LogP contribution in [-0.2, 0) is 13.2 Å². The Hall–Kier alpha value is -1.51. The number of aliphatic hydroxyl groups is 1. The highest BCUT2D eigenvalue weighted by Gasteiger charge is 2.14. The second-order valence-electron chi connectivity index (χ2n) is 4.84. The Morgan fingerprint density at radius 1 is 1.16 bits per heavy atom. The van der Waals surface area contributed by atoms with E-state index in [1.54, 1.807) is 0 Å². The Balaban J connectivity index is 2.55. The molecule has 19 heavy (non-hydrogen) atoms. The van der Waals surface area contributed by atoms with Gasteiger partial charge in [0, 0.05) is 22.8 Å². The van der Waals surface area contributed by atoms with E-state index in [0.29, 0.717) is 0 Å². The maximum Gasteiger partial charge on any atom is 0.0682 e. The first-order valence-electron chi connectivity index (χ1n) is 6.48. The molecule has 0 bridgehead atoms. The smallest absolute Gasteiger partial charge is 0.0682 e. The molecule has 1 aromatic heterocycles. The van der Waals surface area contributed by atoms with Crippen molar-refractivity contribution in [3.05, 3.63) is 46.5 Å². The van der Waals surface area contributed by atoms with E-state index in [2.05, 4.69) is 29.7 Å². The van der Waals surface area contributed by atoms with Crippen LogP contribution < -0.4 is 0 Å². The summed E-state index contributed by atoms with van der Waals surface area (Å²) in [6.07, 6.45) is 0. The Labute approximate surface area is 117 Å². The molecule has 3 rings (SSSR count). The topological polar surface area (TPSA) is 25.2 Å². The van der Waals surface area contributed by atoms with Gasteiger partial charge >= 0.3 is 0 Å². The molecular weight excluding hydrogens is 258 g/mol. The van der Waals surface area contributed by atoms with E-state index >= 15 is 0 Å². The molecular formula is C16H16ClNO. The average molecular weight is 274 g/mol. The van der Waals surface area contributed by atoms with Crippen molar-refractivity contribution in [2.75, 3.05) is 0 Å². The number of rotatable bonds is 2. The largest absolute Gasteiger partial charge is 0.392 e. The van der Waals surface area contributed by atoms with Crippen molar-refractivity contribution < 1.29 is 5.11 Å². The Bertz CT molecular complexity index is 773. The van der Waals surface area contributed by atoms with E-state index in [4.69, 9.17) is 11.6 Å². The molecule has 3 aromatic rings. The lowest BCUT2D eigenvalue weighted by Gasteiger charge is -2.04. The van der Waals surface area contributed by atoms with Crippen LogP contribution in [0.25, 0.3) is 21.8 Å². The summed E-state index contributed by atoms with van der Waals surface area (Å²) in [5.74, 6) is 0. The highest BCUT2D eigenvalue weighted by Crippen LogP contribution is 2.36. The van der Waals surface area contributed by atoms with Crippen LogP contribution in [-0.4, -0.2) is 9.67 Å². The number of aromatic nitrogens is 1. The monoisotopic (exact) mass is 273 g/mol. The van der Waals surface area contributed by atoms with Crippen molar-refractivity contribution in [3.63, 3.8) is 0 Å². The van der Waals surface area contributed by atoms with Crippen LogP contribution in [0, 0.1) is 6.92 Å². The maximum atomic E-state index is 9.32. The molecule has 0 spiro atoms. The Morgan fingerprint density at radius 2 is 1.89 bits per heavy atom. The SMILES string of the molecule is CCn1c2ccc(CO)cc2c2c(Cl)c(C)ccc21. The number of hydrogen-bond donors (Lipinski definition) is 1. The maximum absolute atomic E-state index is 9.32. The predicted octanol–water partition coefficient (Wildman–Crippen LogP) is 4.27. The first-order valence-corrected chi connectivity index (χ1v) is 6.86. The van der Waals surface area contributed by atoms with Crippen LogP contribution in [0.15, 0.2) is 30.3 Å². The number of fused-ring (bicyclic) bond motifs is 3. The summed E-state index contributed by atoms with van der Waals surface area (Å²) in [6, 6.07) is 10.3. The van der Waals surface area contributed by atoms with E-state index in [-0.39, 0.29) is 6.61 Å². The minimum Gasteiger partial charge on any atom is -0.392 e. The van der Waals surface area contributed by atoms with Gasteiger partial charge in [0.2, 0.25) is 0 Å². The average Bonchev–Trinajstić information content (AvgIpc) is 2.75. The van der Waals surface area contributed by atoms with Gasteiger partial charge in [-0.3, -0.25) is 0 Å². The van der Waals surface area contributed by atoms with Crippen LogP contribution in [0.3, 0.4) is 0 Å². The summed E-state index contributed by atoms with van der Waals surface area (Å²) in [5, 5.41) is 12.3. The third kappa shape index (κ3) is 1.75. The number of nitrogens with zero attached hydrogens (tertiary/aromatic N) is 1. The van der Waals surface area contributed by atoms with Crippen molar-refractivity contribution in [1.29, 1.82) is 0 Å². The molecule has 0 aliphatic rings. The van der Waals surface area contributed by atoms with Gasteiger partial charge in [0.15, 0.2) is 0 Å². The standard InChI is InChI=1S/C16H16ClNO/c1-3-18-13-7-5-11(9-19)8-12(13)15-14(18)6-4-10(2)16(15)17/h4-8,19H,3,9H2,1-2H3. The van der Waals surface area contributed by atoms with Crippen LogP contribution in [0.4, 0.5) is 0 Å². The fourth-order valence-corrected chi connectivity index (χ4v) is 3.00. The van der Waals surface area contributed by atoms with Crippen molar-refractivity contribution in [2.24, 2.45) is 0 Å². The van der Waals surface area contributed by atoms with Gasteiger partial charge in [-0.2, -0.15) is 0 Å². The van der Waals surface area contributed by atoms with Gasteiger partial charge in [0.25, 0.3) is 0 Å². The third-order valence-electron chi connectivity index (χ3n) is 3.72. The summed E-state index contributed by atoms with van der Waals surface area (Å²) in [5.41, 5.74) is 4.32. The quantitative estimate of drug-likeness (QED) is 0.741. The minimum atomic E-state index is 0.0537. The molecule has 2 nitrogen and oxygen atoms in total. The zero-order chi connectivity index (χ0) is 13.6. The van der Waals surface area contributed by atoms with Crippen molar-refractivity contribution in [2.45, 2.75) is 27.0 Å². The fourth-order valence-electron chi connectivity index (χ4n) is 2.74. The molecule has 0 saturated heterocycles. The van der Waals surface area contributed by atoms with Gasteiger partial charge in [-0.1, -0.05) is 23.7 Å². The lowest BCUT2D eigenvalue weighted by molar-refractivity contribution is 0.282. The molecule has 1 heterocycles. The second kappa shape index (κ2) is 4.55. The lowest BCUT2D eigenvalue weighted by Crippen LogP contribution is -1.93. The van der Waals surface area contributed by atoms with Crippen LogP contribution in [0.2, 0.25) is 5.02 Å². The van der Waals surface area contributed by atoms with Gasteiger partial charge in [-0.15, -0.1) is 0 Å². The van der Waals surface area contributed by atoms with Crippen molar-refractivity contribution in [1.82, 2.24) is 4.57 Å². The molecule has 0 atom stereocenters. The normalized spacial score (nSPS) is 11.6. The summed E-state index contributed by atoms with van der Waals surface area (Å²) >= 11 is 6.50. The number of hydrogen-bond acceptors (Lipinski definition) is 1. The third-order valence-corrected chi connectivity index (χ3v) is 4.21. The fraction of sp³-hybridized carbons (Fsp3) is 0.250. The molecule has 0 unspecified atom stereocenters. The first kappa shape index (κ1) is 12.5. The Morgan fingerprint density at radius 3 is 2.58 bits per heavy atom. The molecule has 0 amide bonds. The van der Waals surface area contributed by atoms with E-state index in [1.807, 2.05) is 19.1 Å². The summed E-state index contributed by atoms with van der Waals surface area (Å²) in [7, 11) is 0. The molecule has 98 valence electrons. The molecule has 2 aromatic carbocycles. The lowest BCUT2D eigenvalue weighted by atomic mass is 10.1. The molecule has 0 saturated carbocycles. The van der Waals surface area contributed by atoms with Crippen LogP contribution in [0.1, 0.15) is 18.1 Å². The van der Waals surface area contributed by atoms with Crippen molar-refractivity contribution in [3.8, 4) is 0 Å². The van der Waals surface area contributed by atoms with E-state index < -0.39 is 0 Å². The molecule has 1 N–H and O–H groups in total. The Kier molecular flexibility index (Phi) is 3.00. The minimum absolute atomic E-state index is 0.0537. The number of aryl methyl sites for hydroxylation is 2. The van der Waals surface area contributed by atoms with E-state index in [0.717, 1.165) is 39.0 Å². The molecule has 0 aliphatic carbocycles. The molecule has 3 heteroatoms. The zero-order valence-electron chi connectivity index (χ0n) is 11.1. The predicted molar refractivity (Wildman–Crippen MR) is 80.8 cm³/mol. The van der Waals surface area contributed by atoms with Crippen LogP contribution >= 0.6 is 11.6 Å². The first-order chi connectivity index (χ1) is 9.17. The number of halogens is 1. The van der Waals surface area contributed by atoms with Crippen molar-refractivity contribution >= 4 is 33.4 Å². The zero-order valence-corrected chi connectivity index (χ0v) is 11.8. The second-order valence-corrected chi connectivity index (χ2v) is 5.22. The number of benzene rings is 2. The highest BCUT2D eigenvalue weighted by atomic mass is 35.5. The number of aliphatic hydroxyl groups excluding tert-OH is 1.